The van der Waals surface area contributed by atoms with Gasteiger partial charge in [-0.05, 0) is 45.0 Å². The Balaban J connectivity index is 2.67. The molecule has 0 aromatic heterocycles. The summed E-state index contributed by atoms with van der Waals surface area (Å²) in [7, 11) is 0. The van der Waals surface area contributed by atoms with Gasteiger partial charge in [-0.2, -0.15) is 0 Å². The summed E-state index contributed by atoms with van der Waals surface area (Å²) < 4.78 is 5.04. The molecule has 1 aromatic carbocycles. The molecule has 0 saturated heterocycles. The Morgan fingerprint density at radius 2 is 2.06 bits per heavy atom. The lowest BCUT2D eigenvalue weighted by Gasteiger charge is -2.14. The Morgan fingerprint density at radius 3 is 2.67 bits per heavy atom. The molecule has 0 aliphatic carbocycles. The molecule has 18 heavy (non-hydrogen) atoms. The van der Waals surface area contributed by atoms with Crippen molar-refractivity contribution < 1.29 is 9.53 Å². The normalized spacial score (nSPS) is 12.3. The summed E-state index contributed by atoms with van der Waals surface area (Å²) in [5, 5.41) is 6.05. The summed E-state index contributed by atoms with van der Waals surface area (Å²) in [6.07, 6.45) is -0.535. The number of carbonyl (C=O) groups is 1. The first kappa shape index (κ1) is 14.5. The molecule has 0 bridgehead atoms. The Morgan fingerprint density at radius 1 is 1.33 bits per heavy atom. The number of amides is 1. The third-order valence-corrected chi connectivity index (χ3v) is 2.49. The van der Waals surface area contributed by atoms with Crippen LogP contribution in [0.4, 0.5) is 10.5 Å². The van der Waals surface area contributed by atoms with Crippen LogP contribution >= 0.6 is 0 Å². The van der Waals surface area contributed by atoms with E-state index in [0.717, 1.165) is 17.8 Å². The van der Waals surface area contributed by atoms with Crippen molar-refractivity contribution in [3.63, 3.8) is 0 Å². The number of nitrogens with one attached hydrogen (secondary N) is 2. The average molecular weight is 250 g/mol. The van der Waals surface area contributed by atoms with E-state index in [1.54, 1.807) is 0 Å². The van der Waals surface area contributed by atoms with Crippen LogP contribution < -0.4 is 10.6 Å². The van der Waals surface area contributed by atoms with Gasteiger partial charge in [-0.3, -0.25) is 5.32 Å². The molecule has 2 N–H and O–H groups in total. The molecule has 0 aliphatic rings. The summed E-state index contributed by atoms with van der Waals surface area (Å²) >= 11 is 0. The molecule has 0 radical (unpaired) electrons. The van der Waals surface area contributed by atoms with Crippen LogP contribution in [0.2, 0.25) is 0 Å². The standard InChI is InChI=1S/C14H22N2O2/c1-5-15-11(4)12-7-6-8-13(9-12)16-14(17)18-10(2)3/h6-11,15H,5H2,1-4H3,(H,16,17). The van der Waals surface area contributed by atoms with Crippen LogP contribution in [0, 0.1) is 0 Å². The minimum atomic E-state index is -0.418. The average Bonchev–Trinajstić information content (AvgIpc) is 2.28. The molecule has 1 rings (SSSR count). The first-order chi connectivity index (χ1) is 8.52. The fourth-order valence-electron chi connectivity index (χ4n) is 1.67. The zero-order chi connectivity index (χ0) is 13.5. The minimum Gasteiger partial charge on any atom is -0.447 e. The van der Waals surface area contributed by atoms with E-state index in [4.69, 9.17) is 4.74 Å². The van der Waals surface area contributed by atoms with Crippen LogP contribution in [0.5, 0.6) is 0 Å². The maximum absolute atomic E-state index is 11.5. The number of benzene rings is 1. The number of ether oxygens (including phenoxy) is 1. The molecule has 1 amide bonds. The van der Waals surface area contributed by atoms with E-state index in [0.29, 0.717) is 0 Å². The summed E-state index contributed by atoms with van der Waals surface area (Å²) in [5.74, 6) is 0. The van der Waals surface area contributed by atoms with Gasteiger partial charge in [0.15, 0.2) is 0 Å². The molecule has 1 unspecified atom stereocenters. The van der Waals surface area contributed by atoms with Crippen molar-refractivity contribution in [1.82, 2.24) is 5.32 Å². The number of hydrogen-bond acceptors (Lipinski definition) is 3. The summed E-state index contributed by atoms with van der Waals surface area (Å²) in [6.45, 7) is 8.72. The Labute approximate surface area is 109 Å². The van der Waals surface area contributed by atoms with Gasteiger partial charge in [-0.15, -0.1) is 0 Å². The Bertz CT molecular complexity index is 391. The van der Waals surface area contributed by atoms with E-state index < -0.39 is 6.09 Å². The molecule has 1 atom stereocenters. The molecule has 0 spiro atoms. The van der Waals surface area contributed by atoms with Crippen molar-refractivity contribution in [3.05, 3.63) is 29.8 Å². The molecule has 4 heteroatoms. The molecule has 4 nitrogen and oxygen atoms in total. The minimum absolute atomic E-state index is 0.117. The molecule has 0 saturated carbocycles. The first-order valence-electron chi connectivity index (χ1n) is 6.34. The van der Waals surface area contributed by atoms with Crippen LogP contribution in [-0.4, -0.2) is 18.7 Å². The predicted molar refractivity (Wildman–Crippen MR) is 73.8 cm³/mol. The largest absolute Gasteiger partial charge is 0.447 e. The van der Waals surface area contributed by atoms with Gasteiger partial charge in [0.1, 0.15) is 0 Å². The maximum atomic E-state index is 11.5. The van der Waals surface area contributed by atoms with E-state index in [1.165, 1.54) is 0 Å². The molecular weight excluding hydrogens is 228 g/mol. The van der Waals surface area contributed by atoms with Crippen LogP contribution in [-0.2, 0) is 4.74 Å². The smallest absolute Gasteiger partial charge is 0.411 e. The Kier molecular flexibility index (Phi) is 5.65. The Hall–Kier alpha value is -1.55. The van der Waals surface area contributed by atoms with Crippen LogP contribution in [0.15, 0.2) is 24.3 Å². The summed E-state index contributed by atoms with van der Waals surface area (Å²) in [6, 6.07) is 8.02. The number of rotatable bonds is 5. The van der Waals surface area contributed by atoms with Crippen molar-refractivity contribution in [1.29, 1.82) is 0 Å². The second-order valence-corrected chi connectivity index (χ2v) is 4.48. The van der Waals surface area contributed by atoms with Crippen molar-refractivity contribution in [3.8, 4) is 0 Å². The second-order valence-electron chi connectivity index (χ2n) is 4.48. The molecule has 0 aliphatic heterocycles. The topological polar surface area (TPSA) is 50.4 Å². The second kappa shape index (κ2) is 7.01. The summed E-state index contributed by atoms with van der Waals surface area (Å²) in [5.41, 5.74) is 1.89. The highest BCUT2D eigenvalue weighted by Crippen LogP contribution is 2.17. The van der Waals surface area contributed by atoms with Gasteiger partial charge in [0.05, 0.1) is 6.10 Å². The fourth-order valence-corrected chi connectivity index (χ4v) is 1.67. The lowest BCUT2D eigenvalue weighted by atomic mass is 10.1. The van der Waals surface area contributed by atoms with Gasteiger partial charge >= 0.3 is 6.09 Å². The van der Waals surface area contributed by atoms with Gasteiger partial charge in [-0.1, -0.05) is 19.1 Å². The SMILES string of the molecule is CCNC(C)c1cccc(NC(=O)OC(C)C)c1. The quantitative estimate of drug-likeness (QED) is 0.843. The molecule has 1 aromatic rings. The number of hydrogen-bond donors (Lipinski definition) is 2. The van der Waals surface area contributed by atoms with Crippen LogP contribution in [0.3, 0.4) is 0 Å². The van der Waals surface area contributed by atoms with E-state index in [9.17, 15) is 4.79 Å². The molecular formula is C14H22N2O2. The number of anilines is 1. The predicted octanol–water partition coefficient (Wildman–Crippen LogP) is 3.31. The third-order valence-electron chi connectivity index (χ3n) is 2.49. The highest BCUT2D eigenvalue weighted by atomic mass is 16.6. The van der Waals surface area contributed by atoms with E-state index in [-0.39, 0.29) is 12.1 Å². The molecule has 0 heterocycles. The molecule has 0 fully saturated rings. The van der Waals surface area contributed by atoms with Crippen molar-refractivity contribution >= 4 is 11.8 Å². The van der Waals surface area contributed by atoms with Crippen LogP contribution in [0.1, 0.15) is 39.3 Å². The van der Waals surface area contributed by atoms with Crippen molar-refractivity contribution in [2.24, 2.45) is 0 Å². The van der Waals surface area contributed by atoms with E-state index >= 15 is 0 Å². The van der Waals surface area contributed by atoms with E-state index in [2.05, 4.69) is 24.5 Å². The van der Waals surface area contributed by atoms with Gasteiger partial charge < -0.3 is 10.1 Å². The van der Waals surface area contributed by atoms with E-state index in [1.807, 2.05) is 38.1 Å². The van der Waals surface area contributed by atoms with Gasteiger partial charge in [0.2, 0.25) is 0 Å². The zero-order valence-electron chi connectivity index (χ0n) is 11.5. The van der Waals surface area contributed by atoms with Gasteiger partial charge in [0.25, 0.3) is 0 Å². The third kappa shape index (κ3) is 4.75. The fraction of sp³-hybridized carbons (Fsp3) is 0.500. The monoisotopic (exact) mass is 250 g/mol. The number of carbonyl (C=O) groups excluding carboxylic acids is 1. The first-order valence-corrected chi connectivity index (χ1v) is 6.34. The lowest BCUT2D eigenvalue weighted by Crippen LogP contribution is -2.19. The lowest BCUT2D eigenvalue weighted by molar-refractivity contribution is 0.130. The van der Waals surface area contributed by atoms with Crippen molar-refractivity contribution in [2.45, 2.75) is 39.8 Å². The molecule has 100 valence electrons. The summed E-state index contributed by atoms with van der Waals surface area (Å²) in [4.78, 5) is 11.5. The highest BCUT2D eigenvalue weighted by Gasteiger charge is 2.08. The zero-order valence-corrected chi connectivity index (χ0v) is 11.5. The van der Waals surface area contributed by atoms with Crippen molar-refractivity contribution in [2.75, 3.05) is 11.9 Å². The maximum Gasteiger partial charge on any atom is 0.411 e. The van der Waals surface area contributed by atoms with Gasteiger partial charge in [0, 0.05) is 11.7 Å². The van der Waals surface area contributed by atoms with Crippen LogP contribution in [0.25, 0.3) is 0 Å². The highest BCUT2D eigenvalue weighted by molar-refractivity contribution is 5.84. The van der Waals surface area contributed by atoms with Gasteiger partial charge in [-0.25, -0.2) is 4.79 Å².